The van der Waals surface area contributed by atoms with Crippen molar-refractivity contribution in [2.75, 3.05) is 46.5 Å². The van der Waals surface area contributed by atoms with Crippen molar-refractivity contribution in [3.8, 4) is 0 Å². The van der Waals surface area contributed by atoms with Crippen molar-refractivity contribution in [2.24, 2.45) is 5.73 Å². The van der Waals surface area contributed by atoms with Gasteiger partial charge in [-0.25, -0.2) is 0 Å². The van der Waals surface area contributed by atoms with E-state index in [1.807, 2.05) is 6.92 Å². The molecule has 0 bridgehead atoms. The molecule has 0 saturated carbocycles. The van der Waals surface area contributed by atoms with Crippen LogP contribution < -0.4 is 11.1 Å². The standard InChI is InChI=1S/C11H23N3O3.2ClH/c1-9(8-14-3-5-17-6-4-14)13-11(15)10(7-12)16-2;;/h9-10H,3-8,12H2,1-2H3,(H,13,15);2*1H. The number of nitrogens with one attached hydrogen (secondary N) is 1. The average molecular weight is 318 g/mol. The van der Waals surface area contributed by atoms with Crippen LogP contribution in [0.2, 0.25) is 0 Å². The highest BCUT2D eigenvalue weighted by Gasteiger charge is 2.19. The van der Waals surface area contributed by atoms with Gasteiger partial charge in [0.15, 0.2) is 0 Å². The summed E-state index contributed by atoms with van der Waals surface area (Å²) in [7, 11) is 1.49. The molecule has 0 aromatic heterocycles. The Balaban J connectivity index is 0. The van der Waals surface area contributed by atoms with Crippen LogP contribution in [0.1, 0.15) is 6.92 Å². The van der Waals surface area contributed by atoms with Crippen LogP contribution >= 0.6 is 24.8 Å². The van der Waals surface area contributed by atoms with Crippen LogP contribution in [0, 0.1) is 0 Å². The highest BCUT2D eigenvalue weighted by atomic mass is 35.5. The molecule has 0 radical (unpaired) electrons. The molecule has 2 unspecified atom stereocenters. The van der Waals surface area contributed by atoms with E-state index < -0.39 is 6.10 Å². The number of hydrogen-bond donors (Lipinski definition) is 2. The lowest BCUT2D eigenvalue weighted by Crippen LogP contribution is -2.49. The number of rotatable bonds is 6. The number of nitrogens with two attached hydrogens (primary N) is 1. The first-order chi connectivity index (χ1) is 8.17. The minimum atomic E-state index is -0.554. The van der Waals surface area contributed by atoms with Crippen molar-refractivity contribution in [1.29, 1.82) is 0 Å². The van der Waals surface area contributed by atoms with Crippen molar-refractivity contribution in [3.05, 3.63) is 0 Å². The summed E-state index contributed by atoms with van der Waals surface area (Å²) in [5, 5.41) is 2.90. The van der Waals surface area contributed by atoms with E-state index >= 15 is 0 Å². The van der Waals surface area contributed by atoms with Crippen molar-refractivity contribution >= 4 is 30.7 Å². The van der Waals surface area contributed by atoms with E-state index in [1.54, 1.807) is 0 Å². The van der Waals surface area contributed by atoms with E-state index in [0.29, 0.717) is 0 Å². The zero-order valence-corrected chi connectivity index (χ0v) is 13.1. The van der Waals surface area contributed by atoms with Crippen molar-refractivity contribution < 1.29 is 14.3 Å². The van der Waals surface area contributed by atoms with Gasteiger partial charge in [-0.05, 0) is 6.92 Å². The maximum Gasteiger partial charge on any atom is 0.250 e. The molecule has 0 spiro atoms. The van der Waals surface area contributed by atoms with Gasteiger partial charge >= 0.3 is 0 Å². The second-order valence-corrected chi connectivity index (χ2v) is 4.28. The van der Waals surface area contributed by atoms with Gasteiger partial charge in [-0.15, -0.1) is 24.8 Å². The monoisotopic (exact) mass is 317 g/mol. The quantitative estimate of drug-likeness (QED) is 0.699. The highest BCUT2D eigenvalue weighted by molar-refractivity contribution is 5.85. The van der Waals surface area contributed by atoms with Crippen LogP contribution in [-0.4, -0.2) is 69.5 Å². The summed E-state index contributed by atoms with van der Waals surface area (Å²) >= 11 is 0. The Hall–Kier alpha value is -0.110. The molecule has 8 heteroatoms. The van der Waals surface area contributed by atoms with E-state index in [2.05, 4.69) is 10.2 Å². The molecule has 0 aromatic carbocycles. The molecule has 1 heterocycles. The lowest BCUT2D eigenvalue weighted by Gasteiger charge is -2.29. The number of hydrogen-bond acceptors (Lipinski definition) is 5. The summed E-state index contributed by atoms with van der Waals surface area (Å²) in [6, 6.07) is 0.0878. The van der Waals surface area contributed by atoms with Gasteiger partial charge < -0.3 is 20.5 Å². The van der Waals surface area contributed by atoms with Gasteiger partial charge in [0, 0.05) is 39.3 Å². The van der Waals surface area contributed by atoms with Crippen LogP contribution in [0.25, 0.3) is 0 Å². The molecular weight excluding hydrogens is 293 g/mol. The smallest absolute Gasteiger partial charge is 0.250 e. The molecule has 1 fully saturated rings. The summed E-state index contributed by atoms with van der Waals surface area (Å²) in [5.41, 5.74) is 5.43. The molecule has 19 heavy (non-hydrogen) atoms. The third-order valence-corrected chi connectivity index (χ3v) is 2.82. The fraction of sp³-hybridized carbons (Fsp3) is 0.909. The maximum absolute atomic E-state index is 11.7. The molecule has 6 nitrogen and oxygen atoms in total. The van der Waals surface area contributed by atoms with E-state index in [9.17, 15) is 4.79 Å². The number of morpholine rings is 1. The second kappa shape index (κ2) is 11.7. The largest absolute Gasteiger partial charge is 0.379 e. The van der Waals surface area contributed by atoms with Crippen LogP contribution in [0.15, 0.2) is 0 Å². The number of amides is 1. The van der Waals surface area contributed by atoms with Gasteiger partial charge in [0.1, 0.15) is 6.10 Å². The fourth-order valence-electron chi connectivity index (χ4n) is 1.86. The first-order valence-electron chi connectivity index (χ1n) is 6.00. The predicted molar refractivity (Wildman–Crippen MR) is 79.2 cm³/mol. The molecule has 1 aliphatic rings. The lowest BCUT2D eigenvalue weighted by molar-refractivity contribution is -0.131. The van der Waals surface area contributed by atoms with Crippen LogP contribution in [-0.2, 0) is 14.3 Å². The Kier molecular flexibility index (Phi) is 13.0. The predicted octanol–water partition coefficient (Wildman–Crippen LogP) is -0.359. The molecule has 1 saturated heterocycles. The minimum Gasteiger partial charge on any atom is -0.379 e. The van der Waals surface area contributed by atoms with Crippen molar-refractivity contribution in [1.82, 2.24) is 10.2 Å². The summed E-state index contributed by atoms with van der Waals surface area (Å²) in [6.07, 6.45) is -0.554. The van der Waals surface area contributed by atoms with E-state index in [1.165, 1.54) is 7.11 Å². The molecule has 3 N–H and O–H groups in total. The zero-order chi connectivity index (χ0) is 12.7. The van der Waals surface area contributed by atoms with E-state index in [-0.39, 0.29) is 43.3 Å². The van der Waals surface area contributed by atoms with Crippen LogP contribution in [0.3, 0.4) is 0 Å². The molecule has 116 valence electrons. The van der Waals surface area contributed by atoms with Crippen molar-refractivity contribution in [3.63, 3.8) is 0 Å². The zero-order valence-electron chi connectivity index (χ0n) is 11.5. The summed E-state index contributed by atoms with van der Waals surface area (Å²) in [5.74, 6) is -0.143. The van der Waals surface area contributed by atoms with Gasteiger partial charge in [-0.1, -0.05) is 0 Å². The second-order valence-electron chi connectivity index (χ2n) is 4.28. The molecular formula is C11H25Cl2N3O3. The minimum absolute atomic E-state index is 0. The van der Waals surface area contributed by atoms with E-state index in [0.717, 1.165) is 32.8 Å². The Morgan fingerprint density at radius 1 is 1.42 bits per heavy atom. The van der Waals surface area contributed by atoms with Gasteiger partial charge in [-0.3, -0.25) is 9.69 Å². The van der Waals surface area contributed by atoms with Crippen molar-refractivity contribution in [2.45, 2.75) is 19.1 Å². The summed E-state index contributed by atoms with van der Waals surface area (Å²) in [4.78, 5) is 14.0. The maximum atomic E-state index is 11.7. The molecule has 1 rings (SSSR count). The number of halogens is 2. The molecule has 0 aromatic rings. The number of methoxy groups -OCH3 is 1. The lowest BCUT2D eigenvalue weighted by atomic mass is 10.2. The molecule has 2 atom stereocenters. The first-order valence-corrected chi connectivity index (χ1v) is 6.00. The van der Waals surface area contributed by atoms with Gasteiger partial charge in [0.25, 0.3) is 5.91 Å². The number of carbonyl (C=O) groups excluding carboxylic acids is 1. The third kappa shape index (κ3) is 7.91. The topological polar surface area (TPSA) is 76.8 Å². The van der Waals surface area contributed by atoms with Gasteiger partial charge in [-0.2, -0.15) is 0 Å². The molecule has 0 aliphatic carbocycles. The SMILES string of the molecule is COC(CN)C(=O)NC(C)CN1CCOCC1.Cl.Cl. The summed E-state index contributed by atoms with van der Waals surface area (Å²) in [6.45, 7) is 6.39. The van der Waals surface area contributed by atoms with Crippen LogP contribution in [0.5, 0.6) is 0 Å². The molecule has 1 aliphatic heterocycles. The summed E-state index contributed by atoms with van der Waals surface area (Å²) < 4.78 is 10.3. The number of carbonyl (C=O) groups is 1. The van der Waals surface area contributed by atoms with Crippen LogP contribution in [0.4, 0.5) is 0 Å². The Labute approximate surface area is 127 Å². The third-order valence-electron chi connectivity index (χ3n) is 2.82. The van der Waals surface area contributed by atoms with E-state index in [4.69, 9.17) is 15.2 Å². The molecule has 1 amide bonds. The Morgan fingerprint density at radius 2 is 2.00 bits per heavy atom. The fourth-order valence-corrected chi connectivity index (χ4v) is 1.86. The van der Waals surface area contributed by atoms with Gasteiger partial charge in [0.05, 0.1) is 13.2 Å². The Bertz CT molecular complexity index is 237. The highest BCUT2D eigenvalue weighted by Crippen LogP contribution is 1.99. The number of nitrogens with zero attached hydrogens (tertiary/aromatic N) is 1. The van der Waals surface area contributed by atoms with Gasteiger partial charge in [0.2, 0.25) is 0 Å². The Morgan fingerprint density at radius 3 is 2.47 bits per heavy atom. The average Bonchev–Trinajstić information content (AvgIpc) is 2.31. The number of ether oxygens (including phenoxy) is 2. The normalized spacial score (nSPS) is 18.7. The first kappa shape index (κ1) is 21.2.